The van der Waals surface area contributed by atoms with E-state index < -0.39 is 0 Å². The van der Waals surface area contributed by atoms with Crippen molar-refractivity contribution in [3.05, 3.63) is 30.1 Å². The van der Waals surface area contributed by atoms with Gasteiger partial charge in [0.1, 0.15) is 6.10 Å². The minimum absolute atomic E-state index is 0.151. The second kappa shape index (κ2) is 4.79. The number of nitrogens with two attached hydrogens (primary N) is 1. The molecule has 3 nitrogen and oxygen atoms in total. The van der Waals surface area contributed by atoms with Crippen molar-refractivity contribution in [2.45, 2.75) is 13.0 Å². The molecule has 0 saturated heterocycles. The highest BCUT2D eigenvalue weighted by Gasteiger charge is 2.06. The van der Waals surface area contributed by atoms with Crippen LogP contribution in [0.25, 0.3) is 0 Å². The fourth-order valence-electron chi connectivity index (χ4n) is 0.965. The lowest BCUT2D eigenvalue weighted by atomic mass is 10.3. The summed E-state index contributed by atoms with van der Waals surface area (Å²) in [6.07, 6.45) is -0.151. The molecular weight excluding hydrogens is 171 g/mol. The summed E-state index contributed by atoms with van der Waals surface area (Å²) >= 11 is 0. The molecule has 0 heterocycles. The zero-order valence-corrected chi connectivity index (χ0v) is 7.46. The highest BCUT2D eigenvalue weighted by atomic mass is 19.1. The average Bonchev–Trinajstić information content (AvgIpc) is 2.09. The topological polar surface area (TPSA) is 47.3 Å². The molecule has 0 aliphatic carbocycles. The molecule has 1 aromatic carbocycles. The number of hydrogen-bond donors (Lipinski definition) is 2. The zero-order valence-electron chi connectivity index (χ0n) is 7.46. The van der Waals surface area contributed by atoms with E-state index in [0.717, 1.165) is 0 Å². The summed E-state index contributed by atoms with van der Waals surface area (Å²) in [7, 11) is 0. The molecule has 0 aliphatic rings. The van der Waals surface area contributed by atoms with Gasteiger partial charge in [0.25, 0.3) is 0 Å². The third-order valence-electron chi connectivity index (χ3n) is 1.57. The fraction of sp³-hybridized carbons (Fsp3) is 0.333. The summed E-state index contributed by atoms with van der Waals surface area (Å²) < 4.78 is 18.3. The van der Waals surface area contributed by atoms with Crippen LogP contribution in [-0.4, -0.2) is 12.6 Å². The molecule has 1 rings (SSSR count). The molecule has 13 heavy (non-hydrogen) atoms. The van der Waals surface area contributed by atoms with Gasteiger partial charge in [-0.05, 0) is 19.1 Å². The summed E-state index contributed by atoms with van der Waals surface area (Å²) in [5, 5.41) is 0. The molecule has 0 aromatic heterocycles. The molecule has 0 bridgehead atoms. The lowest BCUT2D eigenvalue weighted by molar-refractivity contribution is 0.208. The molecule has 0 fully saturated rings. The Morgan fingerprint density at radius 2 is 2.23 bits per heavy atom. The first-order chi connectivity index (χ1) is 6.24. The van der Waals surface area contributed by atoms with Crippen LogP contribution in [-0.2, 0) is 0 Å². The number of benzene rings is 1. The molecule has 72 valence electrons. The molecule has 3 N–H and O–H groups in total. The minimum atomic E-state index is -0.355. The van der Waals surface area contributed by atoms with Crippen molar-refractivity contribution in [1.82, 2.24) is 5.43 Å². The van der Waals surface area contributed by atoms with Crippen LogP contribution in [0.15, 0.2) is 24.3 Å². The predicted octanol–water partition coefficient (Wildman–Crippen LogP) is 1.06. The van der Waals surface area contributed by atoms with E-state index in [-0.39, 0.29) is 17.7 Å². The van der Waals surface area contributed by atoms with Crippen molar-refractivity contribution in [3.8, 4) is 5.75 Å². The van der Waals surface area contributed by atoms with Crippen molar-refractivity contribution in [2.24, 2.45) is 5.84 Å². The highest BCUT2D eigenvalue weighted by Crippen LogP contribution is 2.16. The Kier molecular flexibility index (Phi) is 3.67. The van der Waals surface area contributed by atoms with E-state index in [1.165, 1.54) is 6.07 Å². The van der Waals surface area contributed by atoms with Gasteiger partial charge in [0.05, 0.1) is 0 Å². The molecule has 0 saturated carbocycles. The van der Waals surface area contributed by atoms with E-state index in [0.29, 0.717) is 6.54 Å². The third kappa shape index (κ3) is 3.01. The first-order valence-electron chi connectivity index (χ1n) is 4.08. The second-order valence-corrected chi connectivity index (χ2v) is 2.77. The number of nitrogens with one attached hydrogen (secondary N) is 1. The fourth-order valence-corrected chi connectivity index (χ4v) is 0.965. The van der Waals surface area contributed by atoms with Crippen molar-refractivity contribution < 1.29 is 9.13 Å². The molecule has 0 spiro atoms. The van der Waals surface area contributed by atoms with Crippen LogP contribution >= 0.6 is 0 Å². The number of para-hydroxylation sites is 1. The van der Waals surface area contributed by atoms with Gasteiger partial charge in [-0.15, -0.1) is 0 Å². The van der Waals surface area contributed by atoms with Gasteiger partial charge in [-0.3, -0.25) is 11.3 Å². The van der Waals surface area contributed by atoms with Crippen LogP contribution in [0.5, 0.6) is 5.75 Å². The van der Waals surface area contributed by atoms with Crippen LogP contribution in [0.4, 0.5) is 4.39 Å². The zero-order chi connectivity index (χ0) is 9.68. The van der Waals surface area contributed by atoms with Crippen LogP contribution in [0.1, 0.15) is 6.92 Å². The lowest BCUT2D eigenvalue weighted by Gasteiger charge is -2.13. The smallest absolute Gasteiger partial charge is 0.165 e. The largest absolute Gasteiger partial charge is 0.486 e. The summed E-state index contributed by atoms with van der Waals surface area (Å²) in [6.45, 7) is 2.29. The Bertz CT molecular complexity index is 268. The van der Waals surface area contributed by atoms with Gasteiger partial charge in [-0.1, -0.05) is 12.1 Å². The molecule has 1 unspecified atom stereocenters. The third-order valence-corrected chi connectivity index (χ3v) is 1.57. The van der Waals surface area contributed by atoms with Crippen molar-refractivity contribution in [3.63, 3.8) is 0 Å². The van der Waals surface area contributed by atoms with Gasteiger partial charge in [0.15, 0.2) is 11.6 Å². The van der Waals surface area contributed by atoms with Gasteiger partial charge < -0.3 is 4.74 Å². The number of rotatable bonds is 4. The monoisotopic (exact) mass is 184 g/mol. The number of halogens is 1. The number of ether oxygens (including phenoxy) is 1. The standard InChI is InChI=1S/C9H13FN2O/c1-7(6-12-11)13-9-5-3-2-4-8(9)10/h2-5,7,12H,6,11H2,1H3. The molecule has 1 atom stereocenters. The summed E-state index contributed by atoms with van der Waals surface area (Å²) in [6, 6.07) is 6.29. The van der Waals surface area contributed by atoms with E-state index >= 15 is 0 Å². The maximum absolute atomic E-state index is 13.0. The Labute approximate surface area is 76.7 Å². The Morgan fingerprint density at radius 3 is 2.85 bits per heavy atom. The predicted molar refractivity (Wildman–Crippen MR) is 48.7 cm³/mol. The van der Waals surface area contributed by atoms with Crippen LogP contribution in [0, 0.1) is 5.82 Å². The van der Waals surface area contributed by atoms with Crippen molar-refractivity contribution in [1.29, 1.82) is 0 Å². The Hall–Kier alpha value is -1.13. The summed E-state index contributed by atoms with van der Waals surface area (Å²) in [5.41, 5.74) is 2.46. The molecule has 4 heteroatoms. The maximum Gasteiger partial charge on any atom is 0.165 e. The van der Waals surface area contributed by atoms with E-state index in [2.05, 4.69) is 5.43 Å². The second-order valence-electron chi connectivity index (χ2n) is 2.77. The molecular formula is C9H13FN2O. The van der Waals surface area contributed by atoms with Crippen LogP contribution in [0.3, 0.4) is 0 Å². The van der Waals surface area contributed by atoms with Crippen LogP contribution < -0.4 is 16.0 Å². The Morgan fingerprint density at radius 1 is 1.54 bits per heavy atom. The van der Waals surface area contributed by atoms with Gasteiger partial charge in [0.2, 0.25) is 0 Å². The van der Waals surface area contributed by atoms with E-state index in [9.17, 15) is 4.39 Å². The summed E-state index contributed by atoms with van der Waals surface area (Å²) in [5.74, 6) is 5.00. The van der Waals surface area contributed by atoms with Crippen LogP contribution in [0.2, 0.25) is 0 Å². The van der Waals surface area contributed by atoms with Gasteiger partial charge >= 0.3 is 0 Å². The number of hydrogen-bond acceptors (Lipinski definition) is 3. The van der Waals surface area contributed by atoms with E-state index in [1.54, 1.807) is 18.2 Å². The molecule has 1 aromatic rings. The quantitative estimate of drug-likeness (QED) is 0.543. The summed E-state index contributed by atoms with van der Waals surface area (Å²) in [4.78, 5) is 0. The maximum atomic E-state index is 13.0. The minimum Gasteiger partial charge on any atom is -0.486 e. The molecule has 0 aliphatic heterocycles. The van der Waals surface area contributed by atoms with Crippen molar-refractivity contribution >= 4 is 0 Å². The SMILES string of the molecule is CC(CNN)Oc1ccccc1F. The lowest BCUT2D eigenvalue weighted by Crippen LogP contribution is -2.33. The van der Waals surface area contributed by atoms with Gasteiger partial charge in [-0.25, -0.2) is 4.39 Å². The van der Waals surface area contributed by atoms with E-state index in [1.807, 2.05) is 6.92 Å². The van der Waals surface area contributed by atoms with E-state index in [4.69, 9.17) is 10.6 Å². The number of hydrazine groups is 1. The first kappa shape index (κ1) is 9.95. The normalized spacial score (nSPS) is 12.5. The molecule has 0 radical (unpaired) electrons. The first-order valence-corrected chi connectivity index (χ1v) is 4.08. The van der Waals surface area contributed by atoms with Gasteiger partial charge in [-0.2, -0.15) is 0 Å². The highest BCUT2D eigenvalue weighted by molar-refractivity contribution is 5.23. The average molecular weight is 184 g/mol. The Balaban J connectivity index is 2.58. The van der Waals surface area contributed by atoms with Crippen molar-refractivity contribution in [2.75, 3.05) is 6.54 Å². The van der Waals surface area contributed by atoms with Gasteiger partial charge in [0, 0.05) is 6.54 Å². The molecule has 0 amide bonds.